The number of aliphatic hydroxyl groups excluding tert-OH is 1. The predicted octanol–water partition coefficient (Wildman–Crippen LogP) is 3.78. The fourth-order valence-electron chi connectivity index (χ4n) is 5.58. The molecule has 3 aromatic heterocycles. The number of rotatable bonds is 7. The summed E-state index contributed by atoms with van der Waals surface area (Å²) in [5.41, 5.74) is 3.35. The van der Waals surface area contributed by atoms with Crippen LogP contribution in [0.1, 0.15) is 19.0 Å². The molecule has 0 bridgehead atoms. The van der Waals surface area contributed by atoms with Crippen molar-refractivity contribution in [3.05, 3.63) is 59.2 Å². The van der Waals surface area contributed by atoms with E-state index in [1.54, 1.807) is 21.4 Å². The molecule has 1 aromatic carbocycles. The molecular formula is C29H33F2N7O2S. The van der Waals surface area contributed by atoms with Crippen molar-refractivity contribution in [3.8, 4) is 11.3 Å². The summed E-state index contributed by atoms with van der Waals surface area (Å²) in [5, 5.41) is 12.4. The summed E-state index contributed by atoms with van der Waals surface area (Å²) in [7, 11) is 1.90. The van der Waals surface area contributed by atoms with Gasteiger partial charge in [-0.05, 0) is 37.1 Å². The molecule has 0 radical (unpaired) electrons. The smallest absolute Gasteiger partial charge is 0.236 e. The molecule has 12 heteroatoms. The van der Waals surface area contributed by atoms with Crippen molar-refractivity contribution in [1.29, 1.82) is 0 Å². The molecule has 0 aliphatic carbocycles. The van der Waals surface area contributed by atoms with E-state index in [0.717, 1.165) is 33.6 Å². The zero-order chi connectivity index (χ0) is 28.7. The first kappa shape index (κ1) is 27.6. The Morgan fingerprint density at radius 3 is 2.56 bits per heavy atom. The van der Waals surface area contributed by atoms with Crippen LogP contribution in [-0.2, 0) is 11.2 Å². The van der Waals surface area contributed by atoms with Crippen molar-refractivity contribution in [2.75, 3.05) is 62.7 Å². The molecule has 216 valence electrons. The van der Waals surface area contributed by atoms with Gasteiger partial charge in [0.1, 0.15) is 11.6 Å². The number of hydrogen-bond donors (Lipinski definition) is 1. The summed E-state index contributed by atoms with van der Waals surface area (Å²) in [6.07, 6.45) is 2.76. The number of piperazine rings is 1. The van der Waals surface area contributed by atoms with Crippen LogP contribution < -0.4 is 9.80 Å². The van der Waals surface area contributed by atoms with Crippen molar-refractivity contribution in [1.82, 2.24) is 24.2 Å². The zero-order valence-electron chi connectivity index (χ0n) is 23.1. The summed E-state index contributed by atoms with van der Waals surface area (Å²) in [6.45, 7) is 6.03. The molecular weight excluding hydrogens is 548 g/mol. The number of thiazole rings is 1. The number of β-amino-alcohol motifs (C(OH)–C–C–N with tert-alkyl or cyclic N) is 1. The second kappa shape index (κ2) is 11.3. The summed E-state index contributed by atoms with van der Waals surface area (Å²) in [5.74, 6) is 0.106. The topological polar surface area (TPSA) is 80.5 Å². The third kappa shape index (κ3) is 5.51. The van der Waals surface area contributed by atoms with Gasteiger partial charge in [-0.1, -0.05) is 6.92 Å². The molecule has 1 N–H and O–H groups in total. The van der Waals surface area contributed by atoms with E-state index in [1.165, 1.54) is 29.5 Å². The second-order valence-electron chi connectivity index (χ2n) is 10.6. The number of aliphatic hydroxyl groups is 1. The van der Waals surface area contributed by atoms with Crippen molar-refractivity contribution < 1.29 is 18.7 Å². The van der Waals surface area contributed by atoms with Gasteiger partial charge in [0.2, 0.25) is 5.91 Å². The number of aryl methyl sites for hydroxylation is 1. The minimum absolute atomic E-state index is 0.0467. The minimum Gasteiger partial charge on any atom is -0.391 e. The van der Waals surface area contributed by atoms with E-state index in [2.05, 4.69) is 14.8 Å². The van der Waals surface area contributed by atoms with Crippen molar-refractivity contribution >= 4 is 39.5 Å². The van der Waals surface area contributed by atoms with Crippen LogP contribution in [-0.4, -0.2) is 94.1 Å². The lowest BCUT2D eigenvalue weighted by atomic mass is 10.2. The van der Waals surface area contributed by atoms with Gasteiger partial charge in [0.05, 0.1) is 29.7 Å². The Kier molecular flexibility index (Phi) is 7.62. The summed E-state index contributed by atoms with van der Waals surface area (Å²) in [6, 6.07) is 7.77. The monoisotopic (exact) mass is 581 g/mol. The molecule has 1 atom stereocenters. The first-order valence-corrected chi connectivity index (χ1v) is 14.8. The number of benzene rings is 1. The lowest BCUT2D eigenvalue weighted by Gasteiger charge is -2.36. The Bertz CT molecular complexity index is 1550. The first-order valence-electron chi connectivity index (χ1n) is 13.9. The van der Waals surface area contributed by atoms with Gasteiger partial charge < -0.3 is 19.8 Å². The predicted molar refractivity (Wildman–Crippen MR) is 156 cm³/mol. The number of amides is 1. The largest absolute Gasteiger partial charge is 0.391 e. The maximum Gasteiger partial charge on any atom is 0.236 e. The number of carbonyl (C=O) groups is 1. The van der Waals surface area contributed by atoms with E-state index >= 15 is 4.39 Å². The molecule has 9 nitrogen and oxygen atoms in total. The lowest BCUT2D eigenvalue weighted by molar-refractivity contribution is -0.131. The molecule has 41 heavy (non-hydrogen) atoms. The molecule has 0 unspecified atom stereocenters. The molecule has 2 saturated heterocycles. The first-order chi connectivity index (χ1) is 19.8. The van der Waals surface area contributed by atoms with Gasteiger partial charge in [-0.3, -0.25) is 14.1 Å². The van der Waals surface area contributed by atoms with Gasteiger partial charge in [0.15, 0.2) is 16.6 Å². The van der Waals surface area contributed by atoms with Crippen molar-refractivity contribution in [3.63, 3.8) is 0 Å². The number of nitrogens with zero attached hydrogens (tertiary/aromatic N) is 7. The third-order valence-electron chi connectivity index (χ3n) is 7.89. The molecule has 2 aliphatic heterocycles. The maximum atomic E-state index is 15.5. The van der Waals surface area contributed by atoms with Crippen LogP contribution in [0, 0.1) is 11.6 Å². The van der Waals surface area contributed by atoms with Crippen molar-refractivity contribution in [2.24, 2.45) is 0 Å². The Balaban J connectivity index is 1.22. The number of fused-ring (bicyclic) bond motifs is 1. The standard InChI is InChI=1S/C29H33F2N7O2S/c1-3-24-28(34(2)29-33-25(18-41-29)19-4-6-20(30)7-5-19)38-15-21(14-23(31)27(38)32-24)36-12-10-35(11-13-36)17-26(40)37-9-8-22(39)16-37/h4-7,14-15,18,22,39H,3,8-13,16-17H2,1-2H3/t22-/m0/s1. The van der Waals surface area contributed by atoms with Crippen LogP contribution in [0.15, 0.2) is 41.9 Å². The van der Waals surface area contributed by atoms with Gasteiger partial charge in [0, 0.05) is 69.5 Å². The molecule has 0 saturated carbocycles. The quantitative estimate of drug-likeness (QED) is 0.356. The molecule has 5 heterocycles. The zero-order valence-corrected chi connectivity index (χ0v) is 23.9. The number of pyridine rings is 1. The molecule has 4 aromatic rings. The average Bonchev–Trinajstić information content (AvgIpc) is 3.72. The van der Waals surface area contributed by atoms with Crippen LogP contribution in [0.3, 0.4) is 0 Å². The highest BCUT2D eigenvalue weighted by atomic mass is 32.1. The normalized spacial score (nSPS) is 18.0. The van der Waals surface area contributed by atoms with E-state index in [-0.39, 0.29) is 17.4 Å². The van der Waals surface area contributed by atoms with E-state index in [9.17, 15) is 14.3 Å². The van der Waals surface area contributed by atoms with Crippen LogP contribution >= 0.6 is 11.3 Å². The summed E-state index contributed by atoms with van der Waals surface area (Å²) >= 11 is 1.46. The number of halogens is 2. The Morgan fingerprint density at radius 1 is 1.12 bits per heavy atom. The number of hydrogen-bond acceptors (Lipinski definition) is 8. The maximum absolute atomic E-state index is 15.5. The molecule has 2 fully saturated rings. The van der Waals surface area contributed by atoms with Gasteiger partial charge in [-0.25, -0.2) is 18.7 Å². The number of carbonyl (C=O) groups excluding carboxylic acids is 1. The second-order valence-corrected chi connectivity index (χ2v) is 11.4. The highest BCUT2D eigenvalue weighted by molar-refractivity contribution is 7.14. The van der Waals surface area contributed by atoms with Crippen LogP contribution in [0.4, 0.5) is 25.4 Å². The van der Waals surface area contributed by atoms with Gasteiger partial charge in [0.25, 0.3) is 0 Å². The lowest BCUT2D eigenvalue weighted by Crippen LogP contribution is -2.50. The molecule has 2 aliphatic rings. The van der Waals surface area contributed by atoms with Gasteiger partial charge in [-0.15, -0.1) is 11.3 Å². The highest BCUT2D eigenvalue weighted by Gasteiger charge is 2.28. The van der Waals surface area contributed by atoms with E-state index in [0.29, 0.717) is 58.7 Å². The van der Waals surface area contributed by atoms with Gasteiger partial charge in [-0.2, -0.15) is 0 Å². The highest BCUT2D eigenvalue weighted by Crippen LogP contribution is 2.35. The molecule has 0 spiro atoms. The Labute approximate surface area is 241 Å². The minimum atomic E-state index is -0.423. The number of aromatic nitrogens is 3. The third-order valence-corrected chi connectivity index (χ3v) is 8.81. The SMILES string of the molecule is CCc1nc2c(F)cc(N3CCN(CC(=O)N4CC[C@H](O)C4)CC3)cn2c1N(C)c1nc(-c2ccc(F)cc2)cs1. The number of anilines is 3. The van der Waals surface area contributed by atoms with Crippen LogP contribution in [0.25, 0.3) is 16.9 Å². The number of imidazole rings is 1. The average molecular weight is 582 g/mol. The Hall–Kier alpha value is -3.61. The fourth-order valence-corrected chi connectivity index (χ4v) is 6.38. The number of likely N-dealkylation sites (tertiary alicyclic amines) is 1. The van der Waals surface area contributed by atoms with Crippen molar-refractivity contribution in [2.45, 2.75) is 25.9 Å². The van der Waals surface area contributed by atoms with E-state index in [1.807, 2.05) is 30.4 Å². The van der Waals surface area contributed by atoms with E-state index in [4.69, 9.17) is 4.98 Å². The van der Waals surface area contributed by atoms with E-state index < -0.39 is 11.9 Å². The summed E-state index contributed by atoms with van der Waals surface area (Å²) in [4.78, 5) is 29.9. The Morgan fingerprint density at radius 2 is 1.88 bits per heavy atom. The molecule has 6 rings (SSSR count). The molecule has 1 amide bonds. The van der Waals surface area contributed by atoms with Crippen LogP contribution in [0.2, 0.25) is 0 Å². The van der Waals surface area contributed by atoms with Crippen LogP contribution in [0.5, 0.6) is 0 Å². The fraction of sp³-hybridized carbons (Fsp3) is 0.414. The summed E-state index contributed by atoms with van der Waals surface area (Å²) < 4.78 is 30.7. The van der Waals surface area contributed by atoms with Gasteiger partial charge >= 0.3 is 0 Å².